The first-order valence-corrected chi connectivity index (χ1v) is 12.4. The van der Waals surface area contributed by atoms with Crippen LogP contribution < -0.4 is 5.32 Å². The summed E-state index contributed by atoms with van der Waals surface area (Å²) in [6.45, 7) is 8.99. The Bertz CT molecular complexity index is 906. The number of esters is 1. The maximum atomic E-state index is 13.7. The molecule has 6 nitrogen and oxygen atoms in total. The molecule has 174 valence electrons. The molecule has 3 rings (SSSR count). The molecule has 1 aromatic carbocycles. The average Bonchev–Trinajstić information content (AvgIpc) is 3.26. The third-order valence-electron chi connectivity index (χ3n) is 6.13. The number of thiazole rings is 1. The van der Waals surface area contributed by atoms with Gasteiger partial charge in [0.1, 0.15) is 5.01 Å². The molecule has 1 aromatic heterocycles. The van der Waals surface area contributed by atoms with Crippen molar-refractivity contribution in [2.75, 3.05) is 12.4 Å². The number of ether oxygens (including phenoxy) is 1. The summed E-state index contributed by atoms with van der Waals surface area (Å²) in [4.78, 5) is 31.8. The zero-order valence-corrected chi connectivity index (χ0v) is 20.6. The Morgan fingerprint density at radius 3 is 2.31 bits per heavy atom. The van der Waals surface area contributed by atoms with Crippen molar-refractivity contribution in [3.05, 3.63) is 45.4 Å². The number of anilines is 1. The van der Waals surface area contributed by atoms with Gasteiger partial charge in [-0.3, -0.25) is 0 Å². The highest BCUT2D eigenvalue weighted by atomic mass is 32.1. The smallest absolute Gasteiger partial charge is 0.357 e. The normalized spacial score (nSPS) is 14.6. The molecule has 0 bridgehead atoms. The maximum Gasteiger partial charge on any atom is 0.357 e. The summed E-state index contributed by atoms with van der Waals surface area (Å²) in [5.41, 5.74) is 3.52. The van der Waals surface area contributed by atoms with Crippen LogP contribution >= 0.6 is 11.3 Å². The number of hydrogen-bond acceptors (Lipinski definition) is 5. The number of methoxy groups -OCH3 is 1. The fraction of sp³-hybridized carbons (Fsp3) is 0.560. The van der Waals surface area contributed by atoms with Crippen molar-refractivity contribution in [2.24, 2.45) is 0 Å². The van der Waals surface area contributed by atoms with Gasteiger partial charge in [-0.05, 0) is 35.8 Å². The number of urea groups is 1. The van der Waals surface area contributed by atoms with Crippen molar-refractivity contribution < 1.29 is 14.3 Å². The van der Waals surface area contributed by atoms with Crippen LogP contribution in [-0.2, 0) is 11.3 Å². The van der Waals surface area contributed by atoms with Gasteiger partial charge in [0.15, 0.2) is 5.69 Å². The van der Waals surface area contributed by atoms with Crippen molar-refractivity contribution in [3.8, 4) is 0 Å². The monoisotopic (exact) mass is 457 g/mol. The summed E-state index contributed by atoms with van der Waals surface area (Å²) >= 11 is 1.39. The van der Waals surface area contributed by atoms with E-state index in [4.69, 9.17) is 4.74 Å². The summed E-state index contributed by atoms with van der Waals surface area (Å²) in [5, 5.41) is 5.71. The highest BCUT2D eigenvalue weighted by Gasteiger charge is 2.28. The number of para-hydroxylation sites is 1. The van der Waals surface area contributed by atoms with Gasteiger partial charge < -0.3 is 15.0 Å². The fourth-order valence-electron chi connectivity index (χ4n) is 4.36. The number of aromatic nitrogens is 1. The van der Waals surface area contributed by atoms with Gasteiger partial charge in [0, 0.05) is 17.1 Å². The minimum absolute atomic E-state index is 0.0956. The summed E-state index contributed by atoms with van der Waals surface area (Å²) in [6.07, 6.45) is 5.44. The lowest BCUT2D eigenvalue weighted by atomic mass is 9.92. The predicted molar refractivity (Wildman–Crippen MR) is 130 cm³/mol. The molecule has 2 amide bonds. The van der Waals surface area contributed by atoms with E-state index in [-0.39, 0.29) is 12.1 Å². The lowest BCUT2D eigenvalue weighted by molar-refractivity contribution is 0.0594. The Morgan fingerprint density at radius 2 is 1.75 bits per heavy atom. The first kappa shape index (κ1) is 24.2. The van der Waals surface area contributed by atoms with Gasteiger partial charge in [0.05, 0.1) is 13.7 Å². The molecule has 1 aliphatic carbocycles. The second-order valence-corrected chi connectivity index (χ2v) is 10.0. The molecule has 0 aliphatic heterocycles. The molecule has 32 heavy (non-hydrogen) atoms. The van der Waals surface area contributed by atoms with Crippen molar-refractivity contribution in [1.82, 2.24) is 9.88 Å². The molecule has 1 N–H and O–H groups in total. The Kier molecular flexibility index (Phi) is 8.29. The minimum Gasteiger partial charge on any atom is -0.464 e. The molecular weight excluding hydrogens is 422 g/mol. The molecule has 1 fully saturated rings. The van der Waals surface area contributed by atoms with E-state index in [0.717, 1.165) is 47.5 Å². The van der Waals surface area contributed by atoms with E-state index < -0.39 is 5.97 Å². The molecule has 0 spiro atoms. The van der Waals surface area contributed by atoms with Crippen LogP contribution in [0.25, 0.3) is 0 Å². The van der Waals surface area contributed by atoms with Crippen LogP contribution in [0.1, 0.15) is 98.3 Å². The molecule has 2 aromatic rings. The molecule has 0 unspecified atom stereocenters. The first-order valence-electron chi connectivity index (χ1n) is 11.5. The maximum absolute atomic E-state index is 13.7. The number of hydrogen-bond donors (Lipinski definition) is 1. The summed E-state index contributed by atoms with van der Waals surface area (Å²) < 4.78 is 4.78. The Morgan fingerprint density at radius 1 is 1.12 bits per heavy atom. The third kappa shape index (κ3) is 5.68. The van der Waals surface area contributed by atoms with Crippen LogP contribution in [0, 0.1) is 0 Å². The summed E-state index contributed by atoms with van der Waals surface area (Å²) in [6, 6.07) is 6.34. The lowest BCUT2D eigenvalue weighted by Gasteiger charge is -2.34. The largest absolute Gasteiger partial charge is 0.464 e. The zero-order valence-electron chi connectivity index (χ0n) is 19.8. The minimum atomic E-state index is -0.450. The fourth-order valence-corrected chi connectivity index (χ4v) is 5.12. The van der Waals surface area contributed by atoms with E-state index >= 15 is 0 Å². The third-order valence-corrected chi connectivity index (χ3v) is 6.97. The Hall–Kier alpha value is -2.41. The van der Waals surface area contributed by atoms with Gasteiger partial charge >= 0.3 is 12.0 Å². The molecular formula is C25H35N3O3S. The highest BCUT2D eigenvalue weighted by Crippen LogP contribution is 2.33. The molecule has 0 atom stereocenters. The molecule has 0 saturated heterocycles. The molecule has 1 saturated carbocycles. The lowest BCUT2D eigenvalue weighted by Crippen LogP contribution is -2.43. The van der Waals surface area contributed by atoms with Gasteiger partial charge in [-0.25, -0.2) is 14.6 Å². The molecule has 1 aliphatic rings. The van der Waals surface area contributed by atoms with Gasteiger partial charge in [-0.2, -0.15) is 0 Å². The van der Waals surface area contributed by atoms with Gasteiger partial charge in [0.25, 0.3) is 0 Å². The second kappa shape index (κ2) is 10.9. The van der Waals surface area contributed by atoms with E-state index in [1.54, 1.807) is 5.38 Å². The number of amides is 2. The number of benzene rings is 1. The average molecular weight is 458 g/mol. The number of nitrogens with zero attached hydrogens (tertiary/aromatic N) is 2. The van der Waals surface area contributed by atoms with E-state index in [9.17, 15) is 9.59 Å². The zero-order chi connectivity index (χ0) is 23.3. The van der Waals surface area contributed by atoms with Crippen LogP contribution in [0.5, 0.6) is 0 Å². The van der Waals surface area contributed by atoms with Crippen LogP contribution in [0.2, 0.25) is 0 Å². The summed E-state index contributed by atoms with van der Waals surface area (Å²) in [7, 11) is 1.35. The second-order valence-electron chi connectivity index (χ2n) is 9.09. The van der Waals surface area contributed by atoms with Crippen LogP contribution in [0.3, 0.4) is 0 Å². The SMILES string of the molecule is COC(=O)c1csc(CN(C(=O)Nc2c(C(C)C)cccc2C(C)C)C2CCCCC2)n1. The molecule has 0 radical (unpaired) electrons. The number of carbonyl (C=O) groups is 2. The first-order chi connectivity index (χ1) is 15.3. The van der Waals surface area contributed by atoms with Crippen LogP contribution in [-0.4, -0.2) is 35.0 Å². The van der Waals surface area contributed by atoms with Crippen molar-refractivity contribution >= 4 is 29.0 Å². The van der Waals surface area contributed by atoms with Crippen LogP contribution in [0.4, 0.5) is 10.5 Å². The number of carbonyl (C=O) groups excluding carboxylic acids is 2. The van der Waals surface area contributed by atoms with Crippen molar-refractivity contribution in [3.63, 3.8) is 0 Å². The number of nitrogens with one attached hydrogen (secondary N) is 1. The van der Waals surface area contributed by atoms with E-state index in [1.807, 2.05) is 4.90 Å². The number of rotatable bonds is 7. The predicted octanol–water partition coefficient (Wildman–Crippen LogP) is 6.54. The Balaban J connectivity index is 1.89. The van der Waals surface area contributed by atoms with E-state index in [2.05, 4.69) is 56.2 Å². The highest BCUT2D eigenvalue weighted by molar-refractivity contribution is 7.09. The molecule has 1 heterocycles. The van der Waals surface area contributed by atoms with E-state index in [1.165, 1.54) is 24.9 Å². The summed E-state index contributed by atoms with van der Waals surface area (Å²) in [5.74, 6) is 0.149. The topological polar surface area (TPSA) is 71.5 Å². The van der Waals surface area contributed by atoms with Crippen LogP contribution in [0.15, 0.2) is 23.6 Å². The van der Waals surface area contributed by atoms with E-state index in [0.29, 0.717) is 24.1 Å². The van der Waals surface area contributed by atoms with Gasteiger partial charge in [-0.15, -0.1) is 11.3 Å². The van der Waals surface area contributed by atoms with Crippen molar-refractivity contribution in [2.45, 2.75) is 84.2 Å². The molecule has 7 heteroatoms. The quantitative estimate of drug-likeness (QED) is 0.479. The van der Waals surface area contributed by atoms with Gasteiger partial charge in [0.2, 0.25) is 0 Å². The Labute approximate surface area is 195 Å². The standard InChI is InChI=1S/C25H35N3O3S/c1-16(2)19-12-9-13-20(17(3)4)23(19)27-25(30)28(18-10-7-6-8-11-18)14-22-26-21(15-32-22)24(29)31-5/h9,12-13,15-18H,6-8,10-11,14H2,1-5H3,(H,27,30). The van der Waals surface area contributed by atoms with Gasteiger partial charge in [-0.1, -0.05) is 65.2 Å². The van der Waals surface area contributed by atoms with Crippen molar-refractivity contribution in [1.29, 1.82) is 0 Å².